The molecule has 0 saturated carbocycles. The number of piperidine rings is 1. The van der Waals surface area contributed by atoms with Crippen molar-refractivity contribution < 1.29 is 4.79 Å². The van der Waals surface area contributed by atoms with Crippen LogP contribution in [0, 0.1) is 12.8 Å². The van der Waals surface area contributed by atoms with Gasteiger partial charge in [-0.3, -0.25) is 4.79 Å². The van der Waals surface area contributed by atoms with Crippen LogP contribution in [0.4, 0.5) is 0 Å². The highest BCUT2D eigenvalue weighted by Gasteiger charge is 2.15. The first kappa shape index (κ1) is 16.0. The fraction of sp³-hybridized carbons (Fsp3) is 0.611. The van der Waals surface area contributed by atoms with Crippen LogP contribution in [0.2, 0.25) is 0 Å². The van der Waals surface area contributed by atoms with Crippen LogP contribution in [-0.2, 0) is 11.2 Å². The van der Waals surface area contributed by atoms with Gasteiger partial charge in [0, 0.05) is 12.5 Å². The van der Waals surface area contributed by atoms with E-state index in [1.807, 2.05) is 0 Å². The zero-order valence-electron chi connectivity index (χ0n) is 13.3. The average Bonchev–Trinajstić information content (AvgIpc) is 2.48. The summed E-state index contributed by atoms with van der Waals surface area (Å²) in [7, 11) is 0. The standard InChI is InChI=1S/C18H28N2O/c1-14-6-3-4-8-17(14)12-15(2)20-18(21)10-9-16-7-5-11-19-13-16/h3-4,6,8,15-16,19H,5,7,9-13H2,1-2H3,(H,20,21). The first-order valence-electron chi connectivity index (χ1n) is 8.19. The van der Waals surface area contributed by atoms with Gasteiger partial charge in [0.25, 0.3) is 0 Å². The van der Waals surface area contributed by atoms with Crippen LogP contribution in [0.5, 0.6) is 0 Å². The highest BCUT2D eigenvalue weighted by molar-refractivity contribution is 5.76. The third-order valence-corrected chi connectivity index (χ3v) is 4.37. The van der Waals surface area contributed by atoms with Gasteiger partial charge in [0.15, 0.2) is 0 Å². The average molecular weight is 288 g/mol. The van der Waals surface area contributed by atoms with E-state index in [0.717, 1.165) is 25.9 Å². The van der Waals surface area contributed by atoms with E-state index in [2.05, 4.69) is 48.7 Å². The number of nitrogens with one attached hydrogen (secondary N) is 2. The molecule has 0 bridgehead atoms. The molecule has 21 heavy (non-hydrogen) atoms. The summed E-state index contributed by atoms with van der Waals surface area (Å²) in [5.74, 6) is 0.873. The summed E-state index contributed by atoms with van der Waals surface area (Å²) >= 11 is 0. The number of benzene rings is 1. The van der Waals surface area contributed by atoms with Crippen molar-refractivity contribution in [1.82, 2.24) is 10.6 Å². The smallest absolute Gasteiger partial charge is 0.220 e. The summed E-state index contributed by atoms with van der Waals surface area (Å²) in [5.41, 5.74) is 2.62. The molecule has 3 nitrogen and oxygen atoms in total. The van der Waals surface area contributed by atoms with Crippen molar-refractivity contribution >= 4 is 5.91 Å². The summed E-state index contributed by atoms with van der Waals surface area (Å²) < 4.78 is 0. The predicted molar refractivity (Wildman–Crippen MR) is 87.3 cm³/mol. The number of hydrogen-bond acceptors (Lipinski definition) is 2. The molecule has 0 aromatic heterocycles. The fourth-order valence-corrected chi connectivity index (χ4v) is 3.07. The molecule has 1 aliphatic heterocycles. The van der Waals surface area contributed by atoms with Crippen LogP contribution in [-0.4, -0.2) is 25.0 Å². The van der Waals surface area contributed by atoms with Gasteiger partial charge in [-0.05, 0) is 69.7 Å². The molecule has 1 saturated heterocycles. The van der Waals surface area contributed by atoms with Crippen molar-refractivity contribution in [3.63, 3.8) is 0 Å². The molecule has 0 aliphatic carbocycles. The van der Waals surface area contributed by atoms with E-state index < -0.39 is 0 Å². The minimum atomic E-state index is 0.196. The van der Waals surface area contributed by atoms with E-state index >= 15 is 0 Å². The molecule has 0 radical (unpaired) electrons. The van der Waals surface area contributed by atoms with Crippen molar-refractivity contribution in [3.8, 4) is 0 Å². The fourth-order valence-electron chi connectivity index (χ4n) is 3.07. The summed E-state index contributed by atoms with van der Waals surface area (Å²) in [6.07, 6.45) is 5.08. The molecule has 1 amide bonds. The van der Waals surface area contributed by atoms with Gasteiger partial charge in [0.05, 0.1) is 0 Å². The number of aryl methyl sites for hydroxylation is 1. The highest BCUT2D eigenvalue weighted by Crippen LogP contribution is 2.16. The maximum Gasteiger partial charge on any atom is 0.220 e. The monoisotopic (exact) mass is 288 g/mol. The Labute approximate surface area is 128 Å². The number of carbonyl (C=O) groups excluding carboxylic acids is 1. The maximum atomic E-state index is 12.0. The minimum absolute atomic E-state index is 0.196. The van der Waals surface area contributed by atoms with E-state index in [1.165, 1.54) is 24.0 Å². The molecule has 2 unspecified atom stereocenters. The quantitative estimate of drug-likeness (QED) is 0.845. The van der Waals surface area contributed by atoms with Crippen LogP contribution < -0.4 is 10.6 Å². The molecular weight excluding hydrogens is 260 g/mol. The van der Waals surface area contributed by atoms with Gasteiger partial charge in [-0.25, -0.2) is 0 Å². The highest BCUT2D eigenvalue weighted by atomic mass is 16.1. The third-order valence-electron chi connectivity index (χ3n) is 4.37. The van der Waals surface area contributed by atoms with Gasteiger partial charge in [0.1, 0.15) is 0 Å². The Kier molecular flexibility index (Phi) is 6.24. The van der Waals surface area contributed by atoms with E-state index in [0.29, 0.717) is 12.3 Å². The number of carbonyl (C=O) groups is 1. The Morgan fingerprint density at radius 3 is 2.95 bits per heavy atom. The Hall–Kier alpha value is -1.35. The van der Waals surface area contributed by atoms with Crippen LogP contribution in [0.3, 0.4) is 0 Å². The van der Waals surface area contributed by atoms with Gasteiger partial charge < -0.3 is 10.6 Å². The van der Waals surface area contributed by atoms with Crippen molar-refractivity contribution in [3.05, 3.63) is 35.4 Å². The zero-order valence-corrected chi connectivity index (χ0v) is 13.3. The molecule has 2 N–H and O–H groups in total. The number of amides is 1. The maximum absolute atomic E-state index is 12.0. The Bertz CT molecular complexity index is 452. The van der Waals surface area contributed by atoms with Crippen LogP contribution in [0.15, 0.2) is 24.3 Å². The second-order valence-electron chi connectivity index (χ2n) is 6.35. The normalized spacial score (nSPS) is 20.0. The second kappa shape index (κ2) is 8.18. The lowest BCUT2D eigenvalue weighted by atomic mass is 9.94. The molecule has 0 spiro atoms. The van der Waals surface area contributed by atoms with Crippen LogP contribution >= 0.6 is 0 Å². The molecule has 2 rings (SSSR count). The molecule has 1 heterocycles. The largest absolute Gasteiger partial charge is 0.353 e. The lowest BCUT2D eigenvalue weighted by Crippen LogP contribution is -2.35. The van der Waals surface area contributed by atoms with Crippen molar-refractivity contribution in [2.24, 2.45) is 5.92 Å². The third kappa shape index (κ3) is 5.50. The summed E-state index contributed by atoms with van der Waals surface area (Å²) in [5, 5.41) is 6.54. The van der Waals surface area contributed by atoms with Crippen LogP contribution in [0.1, 0.15) is 43.7 Å². The molecule has 1 aromatic carbocycles. The summed E-state index contributed by atoms with van der Waals surface area (Å²) in [6, 6.07) is 8.59. The lowest BCUT2D eigenvalue weighted by molar-refractivity contribution is -0.122. The predicted octanol–water partition coefficient (Wildman–Crippen LogP) is 2.82. The van der Waals surface area contributed by atoms with Crippen molar-refractivity contribution in [1.29, 1.82) is 0 Å². The molecule has 1 fully saturated rings. The Morgan fingerprint density at radius 1 is 1.43 bits per heavy atom. The molecule has 2 atom stereocenters. The van der Waals surface area contributed by atoms with Gasteiger partial charge in [-0.1, -0.05) is 24.3 Å². The Balaban J connectivity index is 1.70. The first-order chi connectivity index (χ1) is 10.1. The molecule has 1 aromatic rings. The van der Waals surface area contributed by atoms with Gasteiger partial charge in [-0.2, -0.15) is 0 Å². The van der Waals surface area contributed by atoms with Gasteiger partial charge >= 0.3 is 0 Å². The molecular formula is C18H28N2O. The molecule has 116 valence electrons. The van der Waals surface area contributed by atoms with Gasteiger partial charge in [-0.15, -0.1) is 0 Å². The summed E-state index contributed by atoms with van der Waals surface area (Å²) in [6.45, 7) is 6.43. The second-order valence-corrected chi connectivity index (χ2v) is 6.35. The van der Waals surface area contributed by atoms with E-state index in [-0.39, 0.29) is 11.9 Å². The molecule has 3 heteroatoms. The number of rotatable bonds is 6. The molecule has 1 aliphatic rings. The van der Waals surface area contributed by atoms with Crippen molar-refractivity contribution in [2.75, 3.05) is 13.1 Å². The van der Waals surface area contributed by atoms with E-state index in [1.54, 1.807) is 0 Å². The minimum Gasteiger partial charge on any atom is -0.353 e. The van der Waals surface area contributed by atoms with Crippen LogP contribution in [0.25, 0.3) is 0 Å². The Morgan fingerprint density at radius 2 is 2.24 bits per heavy atom. The van der Waals surface area contributed by atoms with E-state index in [9.17, 15) is 4.79 Å². The number of hydrogen-bond donors (Lipinski definition) is 2. The summed E-state index contributed by atoms with van der Waals surface area (Å²) in [4.78, 5) is 12.0. The van der Waals surface area contributed by atoms with Crippen molar-refractivity contribution in [2.45, 2.75) is 52.0 Å². The zero-order chi connectivity index (χ0) is 15.1. The first-order valence-corrected chi connectivity index (χ1v) is 8.19. The van der Waals surface area contributed by atoms with E-state index in [4.69, 9.17) is 0 Å². The van der Waals surface area contributed by atoms with Gasteiger partial charge in [0.2, 0.25) is 5.91 Å². The lowest BCUT2D eigenvalue weighted by Gasteiger charge is -2.22. The SMILES string of the molecule is Cc1ccccc1CC(C)NC(=O)CCC1CCCNC1. The topological polar surface area (TPSA) is 41.1 Å².